The zero-order valence-corrected chi connectivity index (χ0v) is 12.6. The number of methoxy groups -OCH3 is 1. The Bertz CT molecular complexity index is 706. The summed E-state index contributed by atoms with van der Waals surface area (Å²) in [6, 6.07) is 10.8. The normalized spacial score (nSPS) is 17.9. The Morgan fingerprint density at radius 1 is 1.14 bits per heavy atom. The van der Waals surface area contributed by atoms with Gasteiger partial charge in [0, 0.05) is 5.69 Å². The molecule has 22 heavy (non-hydrogen) atoms. The van der Waals surface area contributed by atoms with E-state index < -0.39 is 11.6 Å². The average Bonchev–Trinajstić information content (AvgIpc) is 2.92. The van der Waals surface area contributed by atoms with Crippen molar-refractivity contribution in [1.29, 1.82) is 0 Å². The van der Waals surface area contributed by atoms with Crippen molar-refractivity contribution in [3.05, 3.63) is 59.7 Å². The number of carbonyl (C=O) groups excluding carboxylic acids is 1. The van der Waals surface area contributed by atoms with Gasteiger partial charge in [0.2, 0.25) is 5.91 Å². The van der Waals surface area contributed by atoms with Crippen LogP contribution in [0, 0.1) is 11.6 Å². The number of ether oxygens (including phenoxy) is 1. The largest absolute Gasteiger partial charge is 0.497 e. The number of halogens is 2. The topological polar surface area (TPSA) is 29.5 Å². The summed E-state index contributed by atoms with van der Waals surface area (Å²) >= 11 is 1.39. The van der Waals surface area contributed by atoms with Crippen molar-refractivity contribution in [1.82, 2.24) is 0 Å². The molecule has 0 spiro atoms. The predicted octanol–water partition coefficient (Wildman–Crippen LogP) is 3.75. The fourth-order valence-corrected chi connectivity index (χ4v) is 3.53. The van der Waals surface area contributed by atoms with E-state index in [4.69, 9.17) is 4.74 Å². The number of benzene rings is 2. The molecule has 1 amide bonds. The minimum absolute atomic E-state index is 0.0649. The van der Waals surface area contributed by atoms with Crippen LogP contribution in [0.15, 0.2) is 42.5 Å². The molecule has 2 aromatic rings. The van der Waals surface area contributed by atoms with Gasteiger partial charge in [-0.3, -0.25) is 9.69 Å². The number of carbonyl (C=O) groups is 1. The summed E-state index contributed by atoms with van der Waals surface area (Å²) in [5.74, 6) is -0.881. The molecule has 0 radical (unpaired) electrons. The fourth-order valence-electron chi connectivity index (χ4n) is 2.36. The third-order valence-corrected chi connectivity index (χ3v) is 4.66. The number of nitrogens with zero attached hydrogens (tertiary/aromatic N) is 1. The molecule has 0 aliphatic carbocycles. The molecule has 1 aliphatic rings. The fraction of sp³-hybridized carbons (Fsp3) is 0.188. The Labute approximate surface area is 130 Å². The SMILES string of the molecule is COc1ccc(N2C(=O)CS[C@H]2c2ccc(F)c(F)c2)cc1. The summed E-state index contributed by atoms with van der Waals surface area (Å²) in [6.45, 7) is 0. The number of thioether (sulfide) groups is 1. The van der Waals surface area contributed by atoms with Gasteiger partial charge in [-0.15, -0.1) is 11.8 Å². The molecule has 0 N–H and O–H groups in total. The highest BCUT2D eigenvalue weighted by atomic mass is 32.2. The van der Waals surface area contributed by atoms with E-state index >= 15 is 0 Å². The van der Waals surface area contributed by atoms with Crippen LogP contribution in [0.2, 0.25) is 0 Å². The second kappa shape index (κ2) is 5.96. The number of anilines is 1. The van der Waals surface area contributed by atoms with Crippen molar-refractivity contribution < 1.29 is 18.3 Å². The molecule has 1 fully saturated rings. The van der Waals surface area contributed by atoms with Crippen LogP contribution in [0.5, 0.6) is 5.75 Å². The highest BCUT2D eigenvalue weighted by molar-refractivity contribution is 8.00. The smallest absolute Gasteiger partial charge is 0.238 e. The monoisotopic (exact) mass is 321 g/mol. The number of hydrogen-bond donors (Lipinski definition) is 0. The first-order valence-corrected chi connectivity index (χ1v) is 7.67. The minimum atomic E-state index is -0.910. The van der Waals surface area contributed by atoms with E-state index in [0.717, 1.165) is 12.1 Å². The Kier molecular flexibility index (Phi) is 4.02. The molecular weight excluding hydrogens is 308 g/mol. The van der Waals surface area contributed by atoms with E-state index in [1.807, 2.05) is 0 Å². The van der Waals surface area contributed by atoms with E-state index in [-0.39, 0.29) is 11.3 Å². The van der Waals surface area contributed by atoms with Gasteiger partial charge in [-0.1, -0.05) is 6.07 Å². The molecule has 0 saturated carbocycles. The lowest BCUT2D eigenvalue weighted by Gasteiger charge is -2.24. The molecule has 0 unspecified atom stereocenters. The van der Waals surface area contributed by atoms with Crippen molar-refractivity contribution in [2.24, 2.45) is 0 Å². The molecule has 0 bridgehead atoms. The van der Waals surface area contributed by atoms with Gasteiger partial charge in [-0.25, -0.2) is 8.78 Å². The molecule has 114 valence electrons. The minimum Gasteiger partial charge on any atom is -0.497 e. The summed E-state index contributed by atoms with van der Waals surface area (Å²) < 4.78 is 31.6. The Morgan fingerprint density at radius 2 is 1.86 bits per heavy atom. The zero-order chi connectivity index (χ0) is 15.7. The Morgan fingerprint density at radius 3 is 2.50 bits per heavy atom. The number of rotatable bonds is 3. The van der Waals surface area contributed by atoms with Crippen LogP contribution in [-0.2, 0) is 4.79 Å². The number of hydrogen-bond acceptors (Lipinski definition) is 3. The molecule has 3 rings (SSSR count). The molecule has 6 heteroatoms. The lowest BCUT2D eigenvalue weighted by atomic mass is 10.1. The molecule has 1 atom stereocenters. The standard InChI is InChI=1S/C16H13F2NO2S/c1-21-12-5-3-11(4-6-12)19-15(20)9-22-16(19)10-2-7-13(17)14(18)8-10/h2-8,16H,9H2,1H3/t16-/m0/s1. The maximum absolute atomic E-state index is 13.5. The first-order chi connectivity index (χ1) is 10.6. The van der Waals surface area contributed by atoms with Crippen molar-refractivity contribution >= 4 is 23.4 Å². The van der Waals surface area contributed by atoms with Crippen LogP contribution in [0.4, 0.5) is 14.5 Å². The van der Waals surface area contributed by atoms with Gasteiger partial charge in [0.15, 0.2) is 11.6 Å². The first-order valence-electron chi connectivity index (χ1n) is 6.63. The molecule has 1 saturated heterocycles. The first kappa shape index (κ1) is 14.8. The van der Waals surface area contributed by atoms with E-state index in [2.05, 4.69) is 0 Å². The maximum atomic E-state index is 13.5. The van der Waals surface area contributed by atoms with Crippen LogP contribution in [-0.4, -0.2) is 18.8 Å². The second-order valence-corrected chi connectivity index (χ2v) is 5.87. The summed E-state index contributed by atoms with van der Waals surface area (Å²) in [5.41, 5.74) is 1.26. The van der Waals surface area contributed by atoms with Crippen molar-refractivity contribution in [2.45, 2.75) is 5.37 Å². The molecule has 3 nitrogen and oxygen atoms in total. The molecule has 2 aromatic carbocycles. The summed E-state index contributed by atoms with van der Waals surface area (Å²) in [4.78, 5) is 13.8. The van der Waals surface area contributed by atoms with Crippen LogP contribution >= 0.6 is 11.8 Å². The van der Waals surface area contributed by atoms with Gasteiger partial charge in [0.1, 0.15) is 11.1 Å². The van der Waals surface area contributed by atoms with Crippen molar-refractivity contribution in [2.75, 3.05) is 17.8 Å². The van der Waals surface area contributed by atoms with Gasteiger partial charge in [-0.05, 0) is 42.0 Å². The highest BCUT2D eigenvalue weighted by Gasteiger charge is 2.34. The highest BCUT2D eigenvalue weighted by Crippen LogP contribution is 2.42. The molecular formula is C16H13F2NO2S. The second-order valence-electron chi connectivity index (χ2n) is 4.80. The van der Waals surface area contributed by atoms with Gasteiger partial charge >= 0.3 is 0 Å². The quantitative estimate of drug-likeness (QED) is 0.862. The predicted molar refractivity (Wildman–Crippen MR) is 82.0 cm³/mol. The maximum Gasteiger partial charge on any atom is 0.238 e. The van der Waals surface area contributed by atoms with Gasteiger partial charge in [-0.2, -0.15) is 0 Å². The summed E-state index contributed by atoms with van der Waals surface area (Å²) in [5, 5.41) is -0.365. The van der Waals surface area contributed by atoms with Crippen LogP contribution < -0.4 is 9.64 Å². The Balaban J connectivity index is 1.96. The Hall–Kier alpha value is -2.08. The molecule has 1 aliphatic heterocycles. The van der Waals surface area contributed by atoms with Crippen LogP contribution in [0.1, 0.15) is 10.9 Å². The van der Waals surface area contributed by atoms with Crippen LogP contribution in [0.25, 0.3) is 0 Å². The van der Waals surface area contributed by atoms with E-state index in [0.29, 0.717) is 22.8 Å². The van der Waals surface area contributed by atoms with Crippen LogP contribution in [0.3, 0.4) is 0 Å². The molecule has 1 heterocycles. The number of amides is 1. The van der Waals surface area contributed by atoms with E-state index in [9.17, 15) is 13.6 Å². The van der Waals surface area contributed by atoms with E-state index in [1.165, 1.54) is 17.8 Å². The third-order valence-electron chi connectivity index (χ3n) is 3.45. The summed E-state index contributed by atoms with van der Waals surface area (Å²) in [6.07, 6.45) is 0. The zero-order valence-electron chi connectivity index (χ0n) is 11.8. The van der Waals surface area contributed by atoms with Gasteiger partial charge in [0.05, 0.1) is 12.9 Å². The third kappa shape index (κ3) is 2.66. The lowest BCUT2D eigenvalue weighted by Crippen LogP contribution is -2.27. The van der Waals surface area contributed by atoms with Gasteiger partial charge in [0.25, 0.3) is 0 Å². The average molecular weight is 321 g/mol. The van der Waals surface area contributed by atoms with Gasteiger partial charge < -0.3 is 4.74 Å². The van der Waals surface area contributed by atoms with E-state index in [1.54, 1.807) is 36.3 Å². The van der Waals surface area contributed by atoms with Crippen molar-refractivity contribution in [3.8, 4) is 5.75 Å². The lowest BCUT2D eigenvalue weighted by molar-refractivity contribution is -0.115. The molecule has 0 aromatic heterocycles. The van der Waals surface area contributed by atoms with Crippen molar-refractivity contribution in [3.63, 3.8) is 0 Å². The summed E-state index contributed by atoms with van der Waals surface area (Å²) in [7, 11) is 1.57.